The molecule has 0 aromatic heterocycles. The molecule has 2 N–H and O–H groups in total. The summed E-state index contributed by atoms with van der Waals surface area (Å²) < 4.78 is 33.8. The van der Waals surface area contributed by atoms with Crippen LogP contribution in [0.2, 0.25) is 0 Å². The molecule has 0 aliphatic heterocycles. The number of amides is 2. The van der Waals surface area contributed by atoms with E-state index in [-0.39, 0.29) is 23.5 Å². The van der Waals surface area contributed by atoms with Crippen LogP contribution in [-0.2, 0) is 26.0 Å². The molecule has 0 bridgehead atoms. The fourth-order valence-electron chi connectivity index (χ4n) is 4.32. The molecule has 1 unspecified atom stereocenters. The number of ether oxygens (including phenoxy) is 1. The van der Waals surface area contributed by atoms with Gasteiger partial charge < -0.3 is 10.1 Å². The maximum atomic E-state index is 13.5. The lowest BCUT2D eigenvalue weighted by molar-refractivity contribution is -0.123. The van der Waals surface area contributed by atoms with Gasteiger partial charge in [-0.15, -0.1) is 0 Å². The zero-order valence-corrected chi connectivity index (χ0v) is 24.8. The van der Waals surface area contributed by atoms with Crippen LogP contribution in [0.5, 0.6) is 5.75 Å². The number of anilines is 1. The van der Waals surface area contributed by atoms with E-state index in [1.165, 1.54) is 18.3 Å². The Morgan fingerprint density at radius 3 is 2.16 bits per heavy atom. The van der Waals surface area contributed by atoms with Gasteiger partial charge in [-0.1, -0.05) is 73.7 Å². The normalized spacial score (nSPS) is 12.0. The van der Waals surface area contributed by atoms with Gasteiger partial charge in [0.25, 0.3) is 21.8 Å². The van der Waals surface area contributed by atoms with Gasteiger partial charge in [0.15, 0.2) is 6.61 Å². The van der Waals surface area contributed by atoms with E-state index in [1.54, 1.807) is 54.6 Å². The van der Waals surface area contributed by atoms with E-state index in [4.69, 9.17) is 4.74 Å². The second kappa shape index (κ2) is 14.8. The van der Waals surface area contributed by atoms with Crippen LogP contribution < -0.4 is 19.8 Å². The van der Waals surface area contributed by atoms with E-state index in [9.17, 15) is 18.0 Å². The third-order valence-corrected chi connectivity index (χ3v) is 8.36. The Bertz CT molecular complexity index is 1640. The molecule has 4 aromatic carbocycles. The number of carbonyl (C=O) groups is 2. The van der Waals surface area contributed by atoms with Gasteiger partial charge in [-0.05, 0) is 72.5 Å². The standard InChI is InChI=1S/C33H34N4O5S/c1-3-27-12-10-11-17-31(27)37(43(40,41)30-15-8-5-9-16-30)23-32(38)36-34-22-26-18-20-29(21-19-26)42-24-33(39)35-25(2)28-13-6-4-7-14-28/h4-22,25H,3,23-24H2,1-2H3,(H,35,39)(H,36,38)/b34-22+. The molecule has 4 rings (SSSR count). The molecular formula is C33H34N4O5S. The smallest absolute Gasteiger partial charge is 0.264 e. The summed E-state index contributed by atoms with van der Waals surface area (Å²) in [6, 6.07) is 31.4. The number of sulfonamides is 1. The van der Waals surface area contributed by atoms with E-state index >= 15 is 0 Å². The Morgan fingerprint density at radius 1 is 0.860 bits per heavy atom. The van der Waals surface area contributed by atoms with E-state index in [1.807, 2.05) is 56.3 Å². The van der Waals surface area contributed by atoms with Crippen molar-refractivity contribution in [2.75, 3.05) is 17.5 Å². The maximum absolute atomic E-state index is 13.5. The quantitative estimate of drug-likeness (QED) is 0.169. The van der Waals surface area contributed by atoms with Crippen molar-refractivity contribution in [3.8, 4) is 5.75 Å². The third-order valence-electron chi connectivity index (χ3n) is 6.59. The predicted molar refractivity (Wildman–Crippen MR) is 167 cm³/mol. The van der Waals surface area contributed by atoms with Gasteiger partial charge >= 0.3 is 0 Å². The number of rotatable bonds is 13. The highest BCUT2D eigenvalue weighted by Gasteiger charge is 2.28. The van der Waals surface area contributed by atoms with Crippen molar-refractivity contribution in [3.05, 3.63) is 126 Å². The molecule has 2 amide bonds. The zero-order chi connectivity index (χ0) is 30.7. The highest BCUT2D eigenvalue weighted by molar-refractivity contribution is 7.92. The number of hydrogen-bond donors (Lipinski definition) is 2. The average molecular weight is 599 g/mol. The average Bonchev–Trinajstić information content (AvgIpc) is 3.04. The fourth-order valence-corrected chi connectivity index (χ4v) is 5.80. The molecule has 9 nitrogen and oxygen atoms in total. The molecule has 0 aliphatic carbocycles. The SMILES string of the molecule is CCc1ccccc1N(CC(=O)N/N=C/c1ccc(OCC(=O)NC(C)c2ccccc2)cc1)S(=O)(=O)c1ccccc1. The molecule has 0 spiro atoms. The van der Waals surface area contributed by atoms with Crippen molar-refractivity contribution >= 4 is 33.7 Å². The Labute approximate surface area is 252 Å². The Morgan fingerprint density at radius 2 is 1.49 bits per heavy atom. The number of hydrogen-bond acceptors (Lipinski definition) is 6. The van der Waals surface area contributed by atoms with Crippen LogP contribution >= 0.6 is 0 Å². The van der Waals surface area contributed by atoms with E-state index < -0.39 is 22.5 Å². The summed E-state index contributed by atoms with van der Waals surface area (Å²) in [6.07, 6.45) is 2.03. The van der Waals surface area contributed by atoms with Crippen LogP contribution in [-0.4, -0.2) is 39.6 Å². The molecule has 0 saturated carbocycles. The Hall–Kier alpha value is -4.96. The lowest BCUT2D eigenvalue weighted by atomic mass is 10.1. The second-order valence-electron chi connectivity index (χ2n) is 9.66. The van der Waals surface area contributed by atoms with Gasteiger partial charge in [0.2, 0.25) is 0 Å². The van der Waals surface area contributed by atoms with Gasteiger partial charge in [0.1, 0.15) is 12.3 Å². The van der Waals surface area contributed by atoms with Crippen LogP contribution in [0.4, 0.5) is 5.69 Å². The highest BCUT2D eigenvalue weighted by atomic mass is 32.2. The molecule has 222 valence electrons. The zero-order valence-electron chi connectivity index (χ0n) is 24.0. The number of benzene rings is 4. The van der Waals surface area contributed by atoms with Crippen LogP contribution in [0.15, 0.2) is 119 Å². The third kappa shape index (κ3) is 8.52. The molecule has 0 heterocycles. The molecule has 0 fully saturated rings. The van der Waals surface area contributed by atoms with Gasteiger partial charge in [-0.2, -0.15) is 5.10 Å². The molecule has 4 aromatic rings. The van der Waals surface area contributed by atoms with Gasteiger partial charge in [0, 0.05) is 0 Å². The molecule has 10 heteroatoms. The Kier molecular flexibility index (Phi) is 10.7. The van der Waals surface area contributed by atoms with Crippen LogP contribution in [0.3, 0.4) is 0 Å². The summed E-state index contributed by atoms with van der Waals surface area (Å²) in [6.45, 7) is 3.24. The fraction of sp³-hybridized carbons (Fsp3) is 0.182. The van der Waals surface area contributed by atoms with Crippen molar-refractivity contribution in [2.45, 2.75) is 31.2 Å². The molecule has 0 saturated heterocycles. The topological polar surface area (TPSA) is 117 Å². The van der Waals surface area contributed by atoms with Gasteiger partial charge in [-0.3, -0.25) is 13.9 Å². The van der Waals surface area contributed by atoms with Crippen molar-refractivity contribution in [1.29, 1.82) is 0 Å². The number of aryl methyl sites for hydroxylation is 1. The number of nitrogens with zero attached hydrogens (tertiary/aromatic N) is 2. The van der Waals surface area contributed by atoms with Crippen molar-refractivity contribution in [3.63, 3.8) is 0 Å². The number of nitrogens with one attached hydrogen (secondary N) is 2. The van der Waals surface area contributed by atoms with Crippen LogP contribution in [0, 0.1) is 0 Å². The minimum absolute atomic E-state index is 0.0858. The molecule has 1 atom stereocenters. The lowest BCUT2D eigenvalue weighted by Gasteiger charge is -2.25. The number of carbonyl (C=O) groups excluding carboxylic acids is 2. The van der Waals surface area contributed by atoms with E-state index in [0.717, 1.165) is 15.4 Å². The van der Waals surface area contributed by atoms with Crippen molar-refractivity contribution in [2.24, 2.45) is 5.10 Å². The summed E-state index contributed by atoms with van der Waals surface area (Å²) in [4.78, 5) is 25.2. The molecule has 0 aliphatic rings. The predicted octanol–water partition coefficient (Wildman–Crippen LogP) is 4.85. The molecule has 43 heavy (non-hydrogen) atoms. The van der Waals surface area contributed by atoms with Crippen molar-refractivity contribution < 1.29 is 22.7 Å². The van der Waals surface area contributed by atoms with Gasteiger partial charge in [0.05, 0.1) is 22.8 Å². The van der Waals surface area contributed by atoms with Crippen LogP contribution in [0.1, 0.15) is 36.6 Å². The summed E-state index contributed by atoms with van der Waals surface area (Å²) in [5, 5.41) is 6.90. The summed E-state index contributed by atoms with van der Waals surface area (Å²) in [7, 11) is -4.02. The first-order chi connectivity index (χ1) is 20.8. The molecular weight excluding hydrogens is 564 g/mol. The monoisotopic (exact) mass is 598 g/mol. The van der Waals surface area contributed by atoms with Crippen molar-refractivity contribution in [1.82, 2.24) is 10.7 Å². The minimum Gasteiger partial charge on any atom is -0.484 e. The number of para-hydroxylation sites is 1. The summed E-state index contributed by atoms with van der Waals surface area (Å²) >= 11 is 0. The highest BCUT2D eigenvalue weighted by Crippen LogP contribution is 2.27. The van der Waals surface area contributed by atoms with Gasteiger partial charge in [-0.25, -0.2) is 13.8 Å². The molecule has 0 radical (unpaired) electrons. The Balaban J connectivity index is 1.34. The van der Waals surface area contributed by atoms with Crippen LogP contribution in [0.25, 0.3) is 0 Å². The van der Waals surface area contributed by atoms with E-state index in [2.05, 4.69) is 15.8 Å². The summed E-state index contributed by atoms with van der Waals surface area (Å²) in [5.74, 6) is -0.341. The largest absolute Gasteiger partial charge is 0.484 e. The lowest BCUT2D eigenvalue weighted by Crippen LogP contribution is -2.40. The summed E-state index contributed by atoms with van der Waals surface area (Å²) in [5.41, 5.74) is 5.32. The van der Waals surface area contributed by atoms with E-state index in [0.29, 0.717) is 23.4 Å². The first-order valence-corrected chi connectivity index (χ1v) is 15.3. The minimum atomic E-state index is -4.02. The maximum Gasteiger partial charge on any atom is 0.264 e. The first-order valence-electron chi connectivity index (χ1n) is 13.8. The number of hydrazone groups is 1. The second-order valence-corrected chi connectivity index (χ2v) is 11.5. The first kappa shape index (κ1) is 31.0.